The quantitative estimate of drug-likeness (QED) is 0.594. The van der Waals surface area contributed by atoms with Crippen LogP contribution >= 0.6 is 11.3 Å². The Kier molecular flexibility index (Phi) is 5.97. The molecule has 0 aliphatic carbocycles. The number of benzene rings is 1. The van der Waals surface area contributed by atoms with Crippen LogP contribution < -0.4 is 5.32 Å². The number of aryl methyl sites for hydroxylation is 1. The fraction of sp³-hybridized carbons (Fsp3) is 0.350. The van der Waals surface area contributed by atoms with Crippen LogP contribution in [0.5, 0.6) is 0 Å². The van der Waals surface area contributed by atoms with Crippen molar-refractivity contribution >= 4 is 39.1 Å². The third-order valence-corrected chi connectivity index (χ3v) is 5.34. The highest BCUT2D eigenvalue weighted by molar-refractivity contribution is 7.20. The molecule has 0 spiro atoms. The van der Waals surface area contributed by atoms with Gasteiger partial charge in [0.15, 0.2) is 6.10 Å². The van der Waals surface area contributed by atoms with Gasteiger partial charge in [-0.15, -0.1) is 11.3 Å². The van der Waals surface area contributed by atoms with Crippen molar-refractivity contribution in [3.8, 4) is 0 Å². The number of carbonyl (C=O) groups excluding carboxylic acids is 2. The molecule has 1 amide bonds. The molecule has 6 nitrogen and oxygen atoms in total. The van der Waals surface area contributed by atoms with Crippen LogP contribution in [0.3, 0.4) is 0 Å². The first-order valence-electron chi connectivity index (χ1n) is 9.10. The van der Waals surface area contributed by atoms with Gasteiger partial charge in [-0.2, -0.15) is 5.10 Å². The van der Waals surface area contributed by atoms with Crippen molar-refractivity contribution in [3.63, 3.8) is 0 Å². The van der Waals surface area contributed by atoms with Crippen molar-refractivity contribution in [1.29, 1.82) is 0 Å². The van der Waals surface area contributed by atoms with E-state index in [0.29, 0.717) is 17.3 Å². The molecule has 1 atom stereocenters. The van der Waals surface area contributed by atoms with Crippen LogP contribution in [-0.4, -0.2) is 27.8 Å². The lowest BCUT2D eigenvalue weighted by molar-refractivity contribution is -0.123. The Labute approximate surface area is 170 Å². The molecule has 0 saturated heterocycles. The first-order chi connectivity index (χ1) is 13.7. The predicted octanol–water partition coefficient (Wildman–Crippen LogP) is 4.52. The Morgan fingerprint density at radius 1 is 1.24 bits per heavy atom. The highest BCUT2D eigenvalue weighted by Gasteiger charge is 2.24. The molecule has 9 heteroatoms. The van der Waals surface area contributed by atoms with Crippen LogP contribution in [0.15, 0.2) is 24.3 Å². The summed E-state index contributed by atoms with van der Waals surface area (Å²) in [5.41, 5.74) is 0.225. The normalized spacial score (nSPS) is 12.4. The Morgan fingerprint density at radius 2 is 1.90 bits per heavy atom. The summed E-state index contributed by atoms with van der Waals surface area (Å²) >= 11 is 1.23. The number of fused-ring (bicyclic) bond motifs is 1. The van der Waals surface area contributed by atoms with E-state index in [0.717, 1.165) is 28.0 Å². The molecule has 3 rings (SSSR count). The second kappa shape index (κ2) is 8.28. The molecule has 29 heavy (non-hydrogen) atoms. The number of ether oxygens (including phenoxy) is 1. The number of nitrogens with one attached hydrogen (secondary N) is 1. The molecule has 2 aromatic heterocycles. The summed E-state index contributed by atoms with van der Waals surface area (Å²) in [6.45, 7) is 8.06. The van der Waals surface area contributed by atoms with E-state index in [1.54, 1.807) is 6.07 Å². The van der Waals surface area contributed by atoms with Crippen LogP contribution in [0.2, 0.25) is 0 Å². The number of rotatable bonds is 6. The average molecular weight is 421 g/mol. The van der Waals surface area contributed by atoms with Gasteiger partial charge in [0.2, 0.25) is 0 Å². The maximum atomic E-state index is 13.7. The van der Waals surface area contributed by atoms with E-state index in [2.05, 4.69) is 24.3 Å². The zero-order chi connectivity index (χ0) is 21.3. The van der Waals surface area contributed by atoms with E-state index in [4.69, 9.17) is 4.74 Å². The maximum Gasteiger partial charge on any atom is 0.349 e. The molecule has 3 aromatic rings. The Morgan fingerprint density at radius 3 is 2.52 bits per heavy atom. The number of nitrogens with zero attached hydrogens (tertiary/aromatic N) is 2. The van der Waals surface area contributed by atoms with Crippen molar-refractivity contribution in [2.45, 2.75) is 40.3 Å². The summed E-state index contributed by atoms with van der Waals surface area (Å²) < 4.78 is 34.4. The molecule has 0 aliphatic heterocycles. The lowest BCUT2D eigenvalue weighted by Gasteiger charge is -2.13. The summed E-state index contributed by atoms with van der Waals surface area (Å²) in [4.78, 5) is 25.9. The van der Waals surface area contributed by atoms with Crippen molar-refractivity contribution in [1.82, 2.24) is 9.78 Å². The number of para-hydroxylation sites is 1. The first kappa shape index (κ1) is 20.9. The number of hydrogen-bond donors (Lipinski definition) is 1. The highest BCUT2D eigenvalue weighted by Crippen LogP contribution is 2.29. The number of anilines is 1. The van der Waals surface area contributed by atoms with Gasteiger partial charge in [-0.1, -0.05) is 19.9 Å². The van der Waals surface area contributed by atoms with Crippen molar-refractivity contribution in [2.24, 2.45) is 5.92 Å². The Bertz CT molecular complexity index is 1050. The molecule has 1 N–H and O–H groups in total. The molecule has 154 valence electrons. The lowest BCUT2D eigenvalue weighted by Crippen LogP contribution is -2.30. The van der Waals surface area contributed by atoms with Gasteiger partial charge >= 0.3 is 5.97 Å². The molecule has 0 aliphatic rings. The maximum absolute atomic E-state index is 13.7. The Balaban J connectivity index is 1.73. The fourth-order valence-electron chi connectivity index (χ4n) is 2.80. The minimum absolute atomic E-state index is 0.328. The van der Waals surface area contributed by atoms with Gasteiger partial charge < -0.3 is 10.1 Å². The average Bonchev–Trinajstić information content (AvgIpc) is 3.19. The number of esters is 1. The van der Waals surface area contributed by atoms with E-state index in [9.17, 15) is 18.4 Å². The van der Waals surface area contributed by atoms with Gasteiger partial charge in [-0.3, -0.25) is 9.48 Å². The second-order valence-corrected chi connectivity index (χ2v) is 8.15. The summed E-state index contributed by atoms with van der Waals surface area (Å²) in [6, 6.07) is 4.92. The van der Waals surface area contributed by atoms with Crippen molar-refractivity contribution < 1.29 is 23.1 Å². The molecule has 0 bridgehead atoms. The molecule has 2 heterocycles. The van der Waals surface area contributed by atoms with E-state index in [1.807, 2.05) is 11.6 Å². The number of hydrogen-bond acceptors (Lipinski definition) is 5. The topological polar surface area (TPSA) is 73.2 Å². The van der Waals surface area contributed by atoms with Crippen LogP contribution in [0.25, 0.3) is 10.2 Å². The number of aromatic nitrogens is 2. The summed E-state index contributed by atoms with van der Waals surface area (Å²) in [5.74, 6) is -2.94. The standard InChI is InChI=1S/C20H21F2N3O3S/c1-10(2)9-25-19-13(11(3)24-25)8-16(29-19)20(27)28-12(4)18(26)23-17-14(21)6-5-7-15(17)22/h5-8,10,12H,9H2,1-4H3,(H,23,26)/t12-/m0/s1. The van der Waals surface area contributed by atoms with Crippen LogP contribution in [-0.2, 0) is 16.1 Å². The van der Waals surface area contributed by atoms with Gasteiger partial charge in [0.05, 0.1) is 5.69 Å². The zero-order valence-corrected chi connectivity index (χ0v) is 17.3. The molecule has 0 saturated carbocycles. The van der Waals surface area contributed by atoms with Crippen LogP contribution in [0.4, 0.5) is 14.5 Å². The molecular weight excluding hydrogens is 400 g/mol. The first-order valence-corrected chi connectivity index (χ1v) is 9.91. The fourth-order valence-corrected chi connectivity index (χ4v) is 3.85. The van der Waals surface area contributed by atoms with E-state index in [-0.39, 0.29) is 0 Å². The minimum atomic E-state index is -1.24. The largest absolute Gasteiger partial charge is 0.448 e. The summed E-state index contributed by atoms with van der Waals surface area (Å²) in [7, 11) is 0. The number of thiophene rings is 1. The third kappa shape index (κ3) is 4.45. The zero-order valence-electron chi connectivity index (χ0n) is 16.5. The molecule has 0 radical (unpaired) electrons. The molecular formula is C20H21F2N3O3S. The van der Waals surface area contributed by atoms with E-state index in [1.165, 1.54) is 24.3 Å². The molecule has 1 aromatic carbocycles. The van der Waals surface area contributed by atoms with Crippen molar-refractivity contribution in [3.05, 3.63) is 46.5 Å². The highest BCUT2D eigenvalue weighted by atomic mass is 32.1. The molecule has 0 unspecified atom stereocenters. The molecule has 0 fully saturated rings. The number of amides is 1. The lowest BCUT2D eigenvalue weighted by atomic mass is 10.2. The predicted molar refractivity (Wildman–Crippen MR) is 107 cm³/mol. The number of carbonyl (C=O) groups is 2. The van der Waals surface area contributed by atoms with Gasteiger partial charge in [0.1, 0.15) is 27.0 Å². The van der Waals surface area contributed by atoms with Crippen LogP contribution in [0.1, 0.15) is 36.1 Å². The minimum Gasteiger partial charge on any atom is -0.448 e. The monoisotopic (exact) mass is 421 g/mol. The van der Waals surface area contributed by atoms with Gasteiger partial charge in [-0.05, 0) is 38.0 Å². The smallest absolute Gasteiger partial charge is 0.349 e. The van der Waals surface area contributed by atoms with Gasteiger partial charge in [0, 0.05) is 11.9 Å². The summed E-state index contributed by atoms with van der Waals surface area (Å²) in [6.07, 6.45) is -1.24. The SMILES string of the molecule is Cc1nn(CC(C)C)c2sc(C(=O)O[C@@H](C)C(=O)Nc3c(F)cccc3F)cc12. The third-order valence-electron chi connectivity index (χ3n) is 4.21. The summed E-state index contributed by atoms with van der Waals surface area (Å²) in [5, 5.41) is 7.46. The van der Waals surface area contributed by atoms with Gasteiger partial charge in [-0.25, -0.2) is 13.6 Å². The van der Waals surface area contributed by atoms with Crippen LogP contribution in [0, 0.1) is 24.5 Å². The van der Waals surface area contributed by atoms with Gasteiger partial charge in [0.25, 0.3) is 5.91 Å². The van der Waals surface area contributed by atoms with Crippen molar-refractivity contribution in [2.75, 3.05) is 5.32 Å². The number of halogens is 2. The van der Waals surface area contributed by atoms with E-state index >= 15 is 0 Å². The van der Waals surface area contributed by atoms with E-state index < -0.39 is 35.3 Å². The second-order valence-electron chi connectivity index (χ2n) is 7.12. The Hall–Kier alpha value is -2.81.